The summed E-state index contributed by atoms with van der Waals surface area (Å²) in [6, 6.07) is 71.2. The van der Waals surface area contributed by atoms with Crippen molar-refractivity contribution in [3.63, 3.8) is 0 Å². The molecule has 20 atom stereocenters. The van der Waals surface area contributed by atoms with Gasteiger partial charge in [0.2, 0.25) is 3.79 Å². The smallest absolute Gasteiger partial charge is 0.407 e. The molecular formula is C87H94Cl3NO24. The predicted molar refractivity (Wildman–Crippen MR) is 417 cm³/mol. The molecule has 8 aromatic rings. The first-order valence-corrected chi connectivity index (χ1v) is 39.0. The van der Waals surface area contributed by atoms with Crippen molar-refractivity contribution >= 4 is 58.8 Å². The summed E-state index contributed by atoms with van der Waals surface area (Å²) in [4.78, 5) is 55.7. The van der Waals surface area contributed by atoms with Crippen molar-refractivity contribution in [3.8, 4) is 0 Å². The van der Waals surface area contributed by atoms with E-state index in [2.05, 4.69) is 5.32 Å². The lowest BCUT2D eigenvalue weighted by atomic mass is 9.94. The minimum absolute atomic E-state index is 0.00671. The van der Waals surface area contributed by atoms with Crippen LogP contribution in [-0.4, -0.2) is 187 Å². The number of ether oxygens (including phenoxy) is 18. The Bertz CT molecular complexity index is 4220. The van der Waals surface area contributed by atoms with Gasteiger partial charge in [-0.1, -0.05) is 265 Å². The van der Waals surface area contributed by atoms with Crippen LogP contribution < -0.4 is 5.32 Å². The van der Waals surface area contributed by atoms with Crippen molar-refractivity contribution in [2.45, 2.75) is 194 Å². The first-order chi connectivity index (χ1) is 55.9. The summed E-state index contributed by atoms with van der Waals surface area (Å²) in [6.45, 7) is 1.81. The van der Waals surface area contributed by atoms with Gasteiger partial charge in [-0.15, -0.1) is 0 Å². The standard InChI is InChI=1S/C87H94Cl3NO24/c1-55-71(107-56(2)92)76(108-57(3)93)79(103-49-63-38-22-9-23-39-63)84(106-55)114-74-69(91-86(97)105-54-87(88,89)90)83(110-66(70(74)94)51-98-44-58-28-12-4-13-29-58)115-77-72(101-47-61-34-18-7-19-35-61)67(52-99-45-59-30-14-5-15-31-59)111-85(80(77)104-50-64-40-24-10-25-41-64)113-73-68(53-100-46-60-32-16-6-17-33-60)109-82(96)78(112-81(95)65-42-26-11-27-43-65)75(73)102-48-62-36-20-8-21-37-62/h4-43,55,66-80,82-85,94,96H,44-54H2,1-3H3,(H,91,97)/t55-,66+,67+,68-,69-,70+,71+,72-,73?,74-,75+,76-,77+,78+,79+,80-,82+,83-,84-,85-/m1/s1. The van der Waals surface area contributed by atoms with Crippen LogP contribution in [0.25, 0.3) is 0 Å². The van der Waals surface area contributed by atoms with Crippen LogP contribution in [0.15, 0.2) is 243 Å². The molecule has 4 heterocycles. The lowest BCUT2D eigenvalue weighted by molar-refractivity contribution is -0.389. The van der Waals surface area contributed by atoms with E-state index in [0.717, 1.165) is 16.7 Å². The van der Waals surface area contributed by atoms with E-state index in [1.165, 1.54) is 13.8 Å². The number of esters is 3. The zero-order valence-corrected chi connectivity index (χ0v) is 65.7. The van der Waals surface area contributed by atoms with Gasteiger partial charge in [-0.3, -0.25) is 9.59 Å². The van der Waals surface area contributed by atoms with Crippen molar-refractivity contribution in [1.29, 1.82) is 0 Å². The minimum atomic E-state index is -2.16. The maximum absolute atomic E-state index is 14.9. The van der Waals surface area contributed by atoms with Gasteiger partial charge in [0.25, 0.3) is 0 Å². The van der Waals surface area contributed by atoms with Gasteiger partial charge in [-0.2, -0.15) is 0 Å². The molecule has 0 aliphatic carbocycles. The number of rotatable bonds is 36. The number of hydrogen-bond acceptors (Lipinski definition) is 24. The van der Waals surface area contributed by atoms with Crippen LogP contribution in [0.2, 0.25) is 0 Å². The summed E-state index contributed by atoms with van der Waals surface area (Å²) in [6.07, 6.45) is -30.3. The first-order valence-electron chi connectivity index (χ1n) is 37.9. The number of carbonyl (C=O) groups excluding carboxylic acids is 4. The quantitative estimate of drug-likeness (QED) is 0.0187. The number of halogens is 3. The fraction of sp³-hybridized carbons (Fsp3) is 0.402. The number of hydrogen-bond donors (Lipinski definition) is 3. The zero-order valence-electron chi connectivity index (χ0n) is 63.4. The highest BCUT2D eigenvalue weighted by Gasteiger charge is 2.59. The summed E-state index contributed by atoms with van der Waals surface area (Å²) in [7, 11) is 0. The molecule has 4 fully saturated rings. The highest BCUT2D eigenvalue weighted by molar-refractivity contribution is 6.67. The predicted octanol–water partition coefficient (Wildman–Crippen LogP) is 12.0. The Labute approximate surface area is 682 Å². The molecule has 0 saturated carbocycles. The molecular weight excluding hydrogens is 1550 g/mol. The number of amides is 1. The van der Waals surface area contributed by atoms with Gasteiger partial charge in [0, 0.05) is 13.8 Å². The van der Waals surface area contributed by atoms with E-state index in [4.69, 9.17) is 120 Å². The molecule has 4 aliphatic rings. The molecule has 4 aliphatic heterocycles. The molecule has 0 radical (unpaired) electrons. The zero-order chi connectivity index (χ0) is 80.5. The van der Waals surface area contributed by atoms with E-state index in [1.54, 1.807) is 61.5 Å². The summed E-state index contributed by atoms with van der Waals surface area (Å²) < 4.78 is 120. The molecule has 0 spiro atoms. The Morgan fingerprint density at radius 1 is 0.374 bits per heavy atom. The second-order valence-corrected chi connectivity index (χ2v) is 30.5. The summed E-state index contributed by atoms with van der Waals surface area (Å²) in [5.74, 6) is -2.34. The van der Waals surface area contributed by atoms with E-state index in [-0.39, 0.29) is 71.6 Å². The first kappa shape index (κ1) is 86.0. The SMILES string of the molecule is CC(=O)O[C@H]1[C@H](OCc2ccccc2)[C@@H](O[C@H]2[C@@H](O)[C@H](COCc3ccccc3)O[C@H](O[C@@H]3[C@@H](OCc4ccccc4)[C@@H](OC4[C@@H](COCc5ccccc5)O[C@H](O)[C@@H](OC(=O)c5ccccc5)[C@H]4OCc4ccccc4)O[C@@H](COCc4ccccc4)[C@H]3OCc3ccccc3)[C@@H]2NC(=O)OCC(Cl)(Cl)Cl)O[C@H](C)[C@@H]1OC(C)=O. The molecule has 25 nitrogen and oxygen atoms in total. The molecule has 0 aromatic heterocycles. The highest BCUT2D eigenvalue weighted by atomic mass is 35.6. The fourth-order valence-electron chi connectivity index (χ4n) is 13.8. The van der Waals surface area contributed by atoms with Crippen LogP contribution in [0.1, 0.15) is 70.1 Å². The second kappa shape index (κ2) is 43.2. The van der Waals surface area contributed by atoms with Gasteiger partial charge in [0.15, 0.2) is 43.5 Å². The van der Waals surface area contributed by atoms with Crippen molar-refractivity contribution in [3.05, 3.63) is 287 Å². The molecule has 12 rings (SSSR count). The third-order valence-electron chi connectivity index (χ3n) is 19.3. The van der Waals surface area contributed by atoms with E-state index in [0.29, 0.717) is 22.3 Å². The molecule has 8 aromatic carbocycles. The Balaban J connectivity index is 1.02. The minimum Gasteiger partial charge on any atom is -0.456 e. The van der Waals surface area contributed by atoms with Crippen LogP contribution in [0, 0.1) is 0 Å². The maximum Gasteiger partial charge on any atom is 0.407 e. The lowest BCUT2D eigenvalue weighted by Gasteiger charge is -2.52. The Morgan fingerprint density at radius 3 is 1.17 bits per heavy atom. The number of alkyl halides is 3. The van der Waals surface area contributed by atoms with E-state index < -0.39 is 157 Å². The largest absolute Gasteiger partial charge is 0.456 e. The molecule has 115 heavy (non-hydrogen) atoms. The number of nitrogens with one attached hydrogen (secondary N) is 1. The van der Waals surface area contributed by atoms with Crippen LogP contribution in [-0.2, 0) is 141 Å². The number of benzene rings is 8. The summed E-state index contributed by atoms with van der Waals surface area (Å²) in [5.41, 5.74) is 5.26. The van der Waals surface area contributed by atoms with Crippen LogP contribution in [0.5, 0.6) is 0 Å². The van der Waals surface area contributed by atoms with Gasteiger partial charge in [0.1, 0.15) is 79.8 Å². The summed E-state index contributed by atoms with van der Waals surface area (Å²) >= 11 is 18.8. The van der Waals surface area contributed by atoms with Crippen molar-refractivity contribution in [2.24, 2.45) is 0 Å². The number of alkyl carbamates (subject to hydrolysis) is 1. The van der Waals surface area contributed by atoms with Crippen LogP contribution >= 0.6 is 34.8 Å². The fourth-order valence-corrected chi connectivity index (χ4v) is 14.0. The van der Waals surface area contributed by atoms with Gasteiger partial charge in [-0.25, -0.2) is 9.59 Å². The lowest BCUT2D eigenvalue weighted by Crippen LogP contribution is -2.71. The number of aliphatic hydroxyl groups is 2. The van der Waals surface area contributed by atoms with Gasteiger partial charge >= 0.3 is 24.0 Å². The number of carbonyl (C=O) groups is 4. The number of aliphatic hydroxyl groups excluding tert-OH is 2. The molecule has 1 unspecified atom stereocenters. The molecule has 28 heteroatoms. The van der Waals surface area contributed by atoms with E-state index >= 15 is 0 Å². The molecule has 612 valence electrons. The monoisotopic (exact) mass is 1640 g/mol. The van der Waals surface area contributed by atoms with Crippen LogP contribution in [0.3, 0.4) is 0 Å². The van der Waals surface area contributed by atoms with Gasteiger partial charge < -0.3 is 101 Å². The van der Waals surface area contributed by atoms with E-state index in [1.807, 2.05) is 188 Å². The maximum atomic E-state index is 14.9. The average molecular weight is 1640 g/mol. The Kier molecular flexibility index (Phi) is 32.3. The topological polar surface area (TPSA) is 287 Å². The van der Waals surface area contributed by atoms with Gasteiger partial charge in [0.05, 0.1) is 77.7 Å². The Hall–Kier alpha value is -8.33. The molecule has 0 bridgehead atoms. The third kappa shape index (κ3) is 25.3. The van der Waals surface area contributed by atoms with Crippen LogP contribution in [0.4, 0.5) is 4.79 Å². The molecule has 4 saturated heterocycles. The van der Waals surface area contributed by atoms with Crippen molar-refractivity contribution < 1.29 is 115 Å². The van der Waals surface area contributed by atoms with Gasteiger partial charge in [-0.05, 0) is 58.0 Å². The molecule has 3 N–H and O–H groups in total. The van der Waals surface area contributed by atoms with E-state index in [9.17, 15) is 29.4 Å². The summed E-state index contributed by atoms with van der Waals surface area (Å²) in [5, 5.41) is 28.6. The highest BCUT2D eigenvalue weighted by Crippen LogP contribution is 2.40. The van der Waals surface area contributed by atoms with Crippen molar-refractivity contribution in [1.82, 2.24) is 5.32 Å². The molecule has 1 amide bonds. The third-order valence-corrected chi connectivity index (χ3v) is 19.6. The average Bonchev–Trinajstić information content (AvgIpc) is 0.761. The van der Waals surface area contributed by atoms with Crippen molar-refractivity contribution in [2.75, 3.05) is 26.4 Å². The second-order valence-electron chi connectivity index (χ2n) is 27.9. The Morgan fingerprint density at radius 2 is 0.730 bits per heavy atom. The normalized spacial score (nSPS) is 27.5.